The molecule has 0 aliphatic carbocycles. The smallest absolute Gasteiger partial charge is 0.266 e. The van der Waals surface area contributed by atoms with Crippen LogP contribution in [0, 0.1) is 6.92 Å². The summed E-state index contributed by atoms with van der Waals surface area (Å²) in [6.45, 7) is 1.51. The van der Waals surface area contributed by atoms with E-state index in [1.807, 2.05) is 0 Å². The van der Waals surface area contributed by atoms with Gasteiger partial charge in [0, 0.05) is 13.2 Å². The van der Waals surface area contributed by atoms with Crippen LogP contribution in [0.2, 0.25) is 0 Å². The summed E-state index contributed by atoms with van der Waals surface area (Å²) < 4.78 is 50.2. The van der Waals surface area contributed by atoms with Crippen molar-refractivity contribution in [1.82, 2.24) is 20.0 Å². The Morgan fingerprint density at radius 3 is 2.45 bits per heavy atom. The number of aromatic nitrogens is 4. The molecule has 0 aliphatic rings. The van der Waals surface area contributed by atoms with Crippen LogP contribution in [0.1, 0.15) is 5.69 Å². The number of hydrogen-bond donors (Lipinski definition) is 3. The summed E-state index contributed by atoms with van der Waals surface area (Å²) in [5, 5.41) is 14.8. The molecule has 0 unspecified atom stereocenters. The molecule has 20 heavy (non-hydrogen) atoms. The van der Waals surface area contributed by atoms with E-state index in [1.165, 1.54) is 14.0 Å². The SMILES string of the molecule is Cc1[nH]ncc1S(=O)(=O)Nc1nn(C)cc1S(N)(=O)=O. The molecule has 2 aromatic rings. The van der Waals surface area contributed by atoms with Crippen LogP contribution >= 0.6 is 0 Å². The molecule has 2 aromatic heterocycles. The van der Waals surface area contributed by atoms with Crippen molar-refractivity contribution in [2.45, 2.75) is 16.7 Å². The third-order valence-electron chi connectivity index (χ3n) is 2.41. The van der Waals surface area contributed by atoms with Crippen LogP contribution in [0.5, 0.6) is 0 Å². The normalized spacial score (nSPS) is 12.6. The topological polar surface area (TPSA) is 153 Å². The fraction of sp³-hybridized carbons (Fsp3) is 0.250. The molecule has 0 saturated heterocycles. The third kappa shape index (κ3) is 2.66. The molecule has 0 aliphatic heterocycles. The molecule has 2 rings (SSSR count). The van der Waals surface area contributed by atoms with Gasteiger partial charge in [0.1, 0.15) is 9.79 Å². The van der Waals surface area contributed by atoms with Crippen molar-refractivity contribution in [3.63, 3.8) is 0 Å². The summed E-state index contributed by atoms with van der Waals surface area (Å²) in [6.07, 6.45) is 2.21. The van der Waals surface area contributed by atoms with Gasteiger partial charge >= 0.3 is 0 Å². The van der Waals surface area contributed by atoms with E-state index in [0.29, 0.717) is 5.69 Å². The van der Waals surface area contributed by atoms with Crippen molar-refractivity contribution in [1.29, 1.82) is 0 Å². The highest BCUT2D eigenvalue weighted by Gasteiger charge is 2.25. The Kier molecular flexibility index (Phi) is 3.31. The lowest BCUT2D eigenvalue weighted by Gasteiger charge is -2.05. The molecule has 0 saturated carbocycles. The quantitative estimate of drug-likeness (QED) is 0.650. The van der Waals surface area contributed by atoms with Crippen LogP contribution in [0.25, 0.3) is 0 Å². The van der Waals surface area contributed by atoms with Crippen LogP contribution in [0.3, 0.4) is 0 Å². The molecule has 12 heteroatoms. The van der Waals surface area contributed by atoms with E-state index in [-0.39, 0.29) is 10.7 Å². The first-order valence-corrected chi connectivity index (χ1v) is 8.23. The Labute approximate surface area is 115 Å². The van der Waals surface area contributed by atoms with Gasteiger partial charge in [0.15, 0.2) is 5.82 Å². The van der Waals surface area contributed by atoms with Crippen LogP contribution in [-0.2, 0) is 27.1 Å². The number of nitrogens with two attached hydrogens (primary N) is 1. The number of nitrogens with zero attached hydrogens (tertiary/aromatic N) is 3. The first-order valence-electron chi connectivity index (χ1n) is 5.20. The van der Waals surface area contributed by atoms with E-state index in [2.05, 4.69) is 20.0 Å². The monoisotopic (exact) mass is 320 g/mol. The lowest BCUT2D eigenvalue weighted by Crippen LogP contribution is -2.18. The molecule has 0 amide bonds. The summed E-state index contributed by atoms with van der Waals surface area (Å²) in [7, 11) is -6.67. The van der Waals surface area contributed by atoms with E-state index in [9.17, 15) is 16.8 Å². The van der Waals surface area contributed by atoms with Crippen LogP contribution in [0.4, 0.5) is 5.82 Å². The highest BCUT2D eigenvalue weighted by Crippen LogP contribution is 2.22. The molecular weight excluding hydrogens is 308 g/mol. The van der Waals surface area contributed by atoms with Crippen LogP contribution in [0.15, 0.2) is 22.2 Å². The van der Waals surface area contributed by atoms with E-state index >= 15 is 0 Å². The Hall–Kier alpha value is -1.92. The van der Waals surface area contributed by atoms with E-state index in [4.69, 9.17) is 5.14 Å². The molecule has 0 aromatic carbocycles. The predicted molar refractivity (Wildman–Crippen MR) is 68.7 cm³/mol. The minimum Gasteiger partial charge on any atom is -0.281 e. The van der Waals surface area contributed by atoms with Crippen molar-refractivity contribution in [2.24, 2.45) is 12.2 Å². The second kappa shape index (κ2) is 4.57. The summed E-state index contributed by atoms with van der Waals surface area (Å²) >= 11 is 0. The van der Waals surface area contributed by atoms with Crippen LogP contribution < -0.4 is 9.86 Å². The van der Waals surface area contributed by atoms with Crippen LogP contribution in [-0.4, -0.2) is 36.8 Å². The van der Waals surface area contributed by atoms with Gasteiger partial charge in [0.2, 0.25) is 10.0 Å². The maximum absolute atomic E-state index is 12.1. The zero-order valence-electron chi connectivity index (χ0n) is 10.5. The van der Waals surface area contributed by atoms with Gasteiger partial charge in [-0.2, -0.15) is 10.2 Å². The Bertz CT molecular complexity index is 847. The van der Waals surface area contributed by atoms with Crippen molar-refractivity contribution in [2.75, 3.05) is 4.72 Å². The summed E-state index contributed by atoms with van der Waals surface area (Å²) in [5.41, 5.74) is 0.311. The van der Waals surface area contributed by atoms with Gasteiger partial charge in [-0.05, 0) is 6.92 Å². The zero-order valence-corrected chi connectivity index (χ0v) is 12.2. The van der Waals surface area contributed by atoms with Gasteiger partial charge < -0.3 is 0 Å². The number of primary sulfonamides is 1. The first kappa shape index (κ1) is 14.5. The fourth-order valence-electron chi connectivity index (χ4n) is 1.54. The number of anilines is 1. The Morgan fingerprint density at radius 1 is 1.30 bits per heavy atom. The zero-order chi connectivity index (χ0) is 15.1. The second-order valence-electron chi connectivity index (χ2n) is 4.03. The van der Waals surface area contributed by atoms with Gasteiger partial charge in [-0.3, -0.25) is 14.5 Å². The molecule has 0 radical (unpaired) electrons. The summed E-state index contributed by atoms with van der Waals surface area (Å²) in [4.78, 5) is -0.520. The molecular formula is C8H12N6O4S2. The molecule has 2 heterocycles. The fourth-order valence-corrected chi connectivity index (χ4v) is 3.42. The number of aromatic amines is 1. The standard InChI is InChI=1S/C8H12N6O4S2/c1-5-6(3-10-11-5)20(17,18)13-8-7(19(9,15)16)4-14(2)12-8/h3-4H,1-2H3,(H,10,11)(H,12,13)(H2,9,15,16). The number of nitrogens with one attached hydrogen (secondary N) is 2. The first-order chi connectivity index (χ1) is 9.11. The summed E-state index contributed by atoms with van der Waals surface area (Å²) in [5.74, 6) is -0.365. The minimum absolute atomic E-state index is 0.108. The number of hydrogen-bond acceptors (Lipinski definition) is 6. The molecule has 110 valence electrons. The second-order valence-corrected chi connectivity index (χ2v) is 7.21. The summed E-state index contributed by atoms with van der Waals surface area (Å²) in [6, 6.07) is 0. The molecule has 0 bridgehead atoms. The van der Waals surface area contributed by atoms with Gasteiger partial charge in [-0.15, -0.1) is 0 Å². The minimum atomic E-state index is -4.10. The molecule has 4 N–H and O–H groups in total. The van der Waals surface area contributed by atoms with Gasteiger partial charge in [-0.25, -0.2) is 22.0 Å². The van der Waals surface area contributed by atoms with Gasteiger partial charge in [-0.1, -0.05) is 0 Å². The average molecular weight is 320 g/mol. The maximum atomic E-state index is 12.1. The largest absolute Gasteiger partial charge is 0.281 e. The van der Waals surface area contributed by atoms with E-state index < -0.39 is 24.9 Å². The third-order valence-corrected chi connectivity index (χ3v) is 4.77. The highest BCUT2D eigenvalue weighted by atomic mass is 32.2. The Balaban J connectivity index is 2.49. The number of H-pyrrole nitrogens is 1. The van der Waals surface area contributed by atoms with Crippen molar-refractivity contribution in [3.8, 4) is 0 Å². The number of aryl methyl sites for hydroxylation is 2. The van der Waals surface area contributed by atoms with Gasteiger partial charge in [0.25, 0.3) is 10.0 Å². The molecule has 0 fully saturated rings. The van der Waals surface area contributed by atoms with E-state index in [0.717, 1.165) is 17.1 Å². The highest BCUT2D eigenvalue weighted by molar-refractivity contribution is 7.93. The van der Waals surface area contributed by atoms with E-state index in [1.54, 1.807) is 0 Å². The van der Waals surface area contributed by atoms with Crippen molar-refractivity contribution in [3.05, 3.63) is 18.1 Å². The number of sulfonamides is 2. The Morgan fingerprint density at radius 2 is 1.95 bits per heavy atom. The molecule has 10 nitrogen and oxygen atoms in total. The maximum Gasteiger partial charge on any atom is 0.266 e. The lowest BCUT2D eigenvalue weighted by atomic mass is 10.5. The molecule has 0 atom stereocenters. The number of rotatable bonds is 4. The molecule has 0 spiro atoms. The van der Waals surface area contributed by atoms with Crippen molar-refractivity contribution >= 4 is 25.9 Å². The average Bonchev–Trinajstić information content (AvgIpc) is 2.83. The predicted octanol–water partition coefficient (Wildman–Crippen LogP) is -1.10. The lowest BCUT2D eigenvalue weighted by molar-refractivity contribution is 0.598. The van der Waals surface area contributed by atoms with Crippen molar-refractivity contribution < 1.29 is 16.8 Å². The van der Waals surface area contributed by atoms with Gasteiger partial charge in [0.05, 0.1) is 11.9 Å².